The van der Waals surface area contributed by atoms with Crippen LogP contribution in [0.4, 0.5) is 10.7 Å². The monoisotopic (exact) mass is 246 g/mol. The van der Waals surface area contributed by atoms with Crippen LogP contribution in [-0.2, 0) is 0 Å². The Morgan fingerprint density at radius 2 is 2.12 bits per heavy atom. The van der Waals surface area contributed by atoms with Crippen LogP contribution < -0.4 is 10.2 Å². The number of carbonyl (C=O) groups excluding carboxylic acids is 1. The highest BCUT2D eigenvalue weighted by atomic mass is 32.1. The lowest BCUT2D eigenvalue weighted by molar-refractivity contribution is 0.0993. The zero-order valence-electron chi connectivity index (χ0n) is 9.81. The van der Waals surface area contributed by atoms with E-state index in [0.29, 0.717) is 5.56 Å². The molecule has 4 heteroatoms. The molecule has 88 valence electrons. The third-order valence-corrected chi connectivity index (χ3v) is 3.48. The van der Waals surface area contributed by atoms with Crippen molar-refractivity contribution in [3.05, 3.63) is 47.3 Å². The predicted octanol–water partition coefficient (Wildman–Crippen LogP) is 3.07. The number of hydrogen-bond acceptors (Lipinski definition) is 3. The van der Waals surface area contributed by atoms with Gasteiger partial charge in [-0.15, -0.1) is 11.3 Å². The molecule has 0 saturated heterocycles. The minimum Gasteiger partial charge on any atom is -0.388 e. The maximum atomic E-state index is 12.2. The molecule has 2 aromatic rings. The predicted molar refractivity (Wildman–Crippen MR) is 73.0 cm³/mol. The standard InChI is InChI=1S/C13H14N2OS/c1-14-11-6-3-5-10(9-11)13(16)15(2)12-7-4-8-17-12/h3-9,14H,1-2H3. The molecule has 0 atom stereocenters. The topological polar surface area (TPSA) is 32.3 Å². The number of nitrogens with one attached hydrogen (secondary N) is 1. The molecule has 1 amide bonds. The van der Waals surface area contributed by atoms with Crippen LogP contribution in [0.2, 0.25) is 0 Å². The summed E-state index contributed by atoms with van der Waals surface area (Å²) in [6, 6.07) is 11.4. The van der Waals surface area contributed by atoms with Crippen molar-refractivity contribution in [2.75, 3.05) is 24.3 Å². The van der Waals surface area contributed by atoms with E-state index in [1.165, 1.54) is 0 Å². The molecule has 0 unspecified atom stereocenters. The molecular weight excluding hydrogens is 232 g/mol. The molecule has 0 saturated carbocycles. The summed E-state index contributed by atoms with van der Waals surface area (Å²) >= 11 is 1.55. The fourth-order valence-corrected chi connectivity index (χ4v) is 2.26. The van der Waals surface area contributed by atoms with Crippen LogP contribution in [0.1, 0.15) is 10.4 Å². The van der Waals surface area contributed by atoms with Crippen molar-refractivity contribution in [3.8, 4) is 0 Å². The highest BCUT2D eigenvalue weighted by Gasteiger charge is 2.14. The molecule has 0 spiro atoms. The Morgan fingerprint density at radius 1 is 1.29 bits per heavy atom. The van der Waals surface area contributed by atoms with Crippen molar-refractivity contribution in [3.63, 3.8) is 0 Å². The normalized spacial score (nSPS) is 10.0. The quantitative estimate of drug-likeness (QED) is 0.902. The molecule has 3 nitrogen and oxygen atoms in total. The maximum absolute atomic E-state index is 12.2. The van der Waals surface area contributed by atoms with Crippen molar-refractivity contribution >= 4 is 27.9 Å². The number of amides is 1. The Labute approximate surface area is 105 Å². The van der Waals surface area contributed by atoms with Crippen molar-refractivity contribution in [1.29, 1.82) is 0 Å². The summed E-state index contributed by atoms with van der Waals surface area (Å²) in [7, 11) is 3.63. The lowest BCUT2D eigenvalue weighted by Crippen LogP contribution is -2.25. The Balaban J connectivity index is 2.24. The first-order valence-corrected chi connectivity index (χ1v) is 6.19. The van der Waals surface area contributed by atoms with Gasteiger partial charge in [-0.3, -0.25) is 4.79 Å². The Hall–Kier alpha value is -1.81. The summed E-state index contributed by atoms with van der Waals surface area (Å²) in [6.45, 7) is 0. The largest absolute Gasteiger partial charge is 0.388 e. The second kappa shape index (κ2) is 5.01. The number of rotatable bonds is 3. The van der Waals surface area contributed by atoms with Crippen LogP contribution in [0.5, 0.6) is 0 Å². The minimum atomic E-state index is 0.00421. The van der Waals surface area contributed by atoms with E-state index < -0.39 is 0 Å². The van der Waals surface area contributed by atoms with Gasteiger partial charge in [0.25, 0.3) is 5.91 Å². The molecule has 17 heavy (non-hydrogen) atoms. The Bertz CT molecular complexity index is 508. The molecule has 0 bridgehead atoms. The van der Waals surface area contributed by atoms with E-state index in [4.69, 9.17) is 0 Å². The third kappa shape index (κ3) is 2.47. The molecule has 0 aliphatic heterocycles. The summed E-state index contributed by atoms with van der Waals surface area (Å²) in [5.41, 5.74) is 1.63. The second-order valence-corrected chi connectivity index (χ2v) is 4.57. The van der Waals surface area contributed by atoms with Gasteiger partial charge < -0.3 is 10.2 Å². The first-order valence-electron chi connectivity index (χ1n) is 5.32. The average Bonchev–Trinajstić information content (AvgIpc) is 2.91. The van der Waals surface area contributed by atoms with Gasteiger partial charge in [0, 0.05) is 25.3 Å². The molecule has 0 fully saturated rings. The van der Waals surface area contributed by atoms with Gasteiger partial charge >= 0.3 is 0 Å². The van der Waals surface area contributed by atoms with Gasteiger partial charge in [-0.05, 0) is 35.7 Å². The number of anilines is 2. The fourth-order valence-electron chi connectivity index (χ4n) is 1.56. The summed E-state index contributed by atoms with van der Waals surface area (Å²) in [4.78, 5) is 13.9. The van der Waals surface area contributed by atoms with Gasteiger partial charge in [-0.1, -0.05) is 6.07 Å². The average molecular weight is 246 g/mol. The van der Waals surface area contributed by atoms with E-state index in [2.05, 4.69) is 5.32 Å². The van der Waals surface area contributed by atoms with Crippen molar-refractivity contribution < 1.29 is 4.79 Å². The van der Waals surface area contributed by atoms with E-state index in [0.717, 1.165) is 10.7 Å². The maximum Gasteiger partial charge on any atom is 0.258 e. The number of thiophene rings is 1. The molecule has 1 N–H and O–H groups in total. The lowest BCUT2D eigenvalue weighted by Gasteiger charge is -2.15. The number of hydrogen-bond donors (Lipinski definition) is 1. The van der Waals surface area contributed by atoms with Gasteiger partial charge in [0.05, 0.1) is 5.00 Å². The number of nitrogens with zero attached hydrogens (tertiary/aromatic N) is 1. The molecule has 0 aliphatic carbocycles. The van der Waals surface area contributed by atoms with Gasteiger partial charge in [0.15, 0.2) is 0 Å². The van der Waals surface area contributed by atoms with Gasteiger partial charge in [0.1, 0.15) is 0 Å². The fraction of sp³-hybridized carbons (Fsp3) is 0.154. The van der Waals surface area contributed by atoms with Crippen LogP contribution in [0.25, 0.3) is 0 Å². The third-order valence-electron chi connectivity index (χ3n) is 2.54. The summed E-state index contributed by atoms with van der Waals surface area (Å²) < 4.78 is 0. The smallest absolute Gasteiger partial charge is 0.258 e. The zero-order valence-corrected chi connectivity index (χ0v) is 10.6. The van der Waals surface area contributed by atoms with Crippen LogP contribution >= 0.6 is 11.3 Å². The molecule has 1 heterocycles. The molecule has 0 aliphatic rings. The van der Waals surface area contributed by atoms with Crippen LogP contribution in [-0.4, -0.2) is 20.0 Å². The molecule has 0 radical (unpaired) electrons. The van der Waals surface area contributed by atoms with Gasteiger partial charge in [-0.25, -0.2) is 0 Å². The van der Waals surface area contributed by atoms with Crippen LogP contribution in [0, 0.1) is 0 Å². The molecular formula is C13H14N2OS. The van der Waals surface area contributed by atoms with E-state index in [9.17, 15) is 4.79 Å². The highest BCUT2D eigenvalue weighted by Crippen LogP contribution is 2.22. The second-order valence-electron chi connectivity index (χ2n) is 3.65. The highest BCUT2D eigenvalue weighted by molar-refractivity contribution is 7.14. The van der Waals surface area contributed by atoms with Crippen LogP contribution in [0.3, 0.4) is 0 Å². The van der Waals surface area contributed by atoms with E-state index in [1.54, 1.807) is 23.3 Å². The number of benzene rings is 1. The minimum absolute atomic E-state index is 0.00421. The first kappa shape index (κ1) is 11.7. The summed E-state index contributed by atoms with van der Waals surface area (Å²) in [5.74, 6) is 0.00421. The van der Waals surface area contributed by atoms with E-state index >= 15 is 0 Å². The summed E-state index contributed by atoms with van der Waals surface area (Å²) in [6.07, 6.45) is 0. The Kier molecular flexibility index (Phi) is 3.44. The molecule has 1 aromatic carbocycles. The van der Waals surface area contributed by atoms with Crippen molar-refractivity contribution in [2.24, 2.45) is 0 Å². The van der Waals surface area contributed by atoms with Crippen molar-refractivity contribution in [2.45, 2.75) is 0 Å². The van der Waals surface area contributed by atoms with Gasteiger partial charge in [-0.2, -0.15) is 0 Å². The number of carbonyl (C=O) groups is 1. The first-order chi connectivity index (χ1) is 8.22. The molecule has 1 aromatic heterocycles. The summed E-state index contributed by atoms with van der Waals surface area (Å²) in [5, 5.41) is 5.94. The lowest BCUT2D eigenvalue weighted by atomic mass is 10.2. The Morgan fingerprint density at radius 3 is 2.76 bits per heavy atom. The molecule has 2 rings (SSSR count). The van der Waals surface area contributed by atoms with Crippen LogP contribution in [0.15, 0.2) is 41.8 Å². The van der Waals surface area contributed by atoms with E-state index in [1.807, 2.05) is 48.8 Å². The SMILES string of the molecule is CNc1cccc(C(=O)N(C)c2cccs2)c1. The zero-order chi connectivity index (χ0) is 12.3. The van der Waals surface area contributed by atoms with Crippen molar-refractivity contribution in [1.82, 2.24) is 0 Å². The van der Waals surface area contributed by atoms with E-state index in [-0.39, 0.29) is 5.91 Å². The van der Waals surface area contributed by atoms with Gasteiger partial charge in [0.2, 0.25) is 0 Å².